The van der Waals surface area contributed by atoms with E-state index in [9.17, 15) is 4.79 Å². The Morgan fingerprint density at radius 2 is 2.06 bits per heavy atom. The van der Waals surface area contributed by atoms with Gasteiger partial charge in [-0.15, -0.1) is 0 Å². The summed E-state index contributed by atoms with van der Waals surface area (Å²) in [7, 11) is 0. The standard InChI is InChI=1S/C13H26N2O2/c1-2-6-12(14)13(17)15(9-10-16)11-7-4-3-5-8-11/h11-12,16H,2-10,14H2,1H3/t12-/m0/s1. The van der Waals surface area contributed by atoms with Gasteiger partial charge in [-0.3, -0.25) is 4.79 Å². The summed E-state index contributed by atoms with van der Waals surface area (Å²) in [5.41, 5.74) is 5.89. The Kier molecular flexibility index (Phi) is 6.52. The van der Waals surface area contributed by atoms with E-state index in [-0.39, 0.29) is 12.5 Å². The number of hydrogen-bond acceptors (Lipinski definition) is 3. The van der Waals surface area contributed by atoms with Crippen molar-refractivity contribution in [1.82, 2.24) is 4.90 Å². The summed E-state index contributed by atoms with van der Waals surface area (Å²) >= 11 is 0. The number of hydrogen-bond donors (Lipinski definition) is 2. The molecule has 4 heteroatoms. The van der Waals surface area contributed by atoms with Gasteiger partial charge in [0, 0.05) is 12.6 Å². The minimum absolute atomic E-state index is 0.0211. The van der Waals surface area contributed by atoms with E-state index in [1.807, 2.05) is 11.8 Å². The van der Waals surface area contributed by atoms with Gasteiger partial charge in [0.1, 0.15) is 0 Å². The monoisotopic (exact) mass is 242 g/mol. The Morgan fingerprint density at radius 1 is 1.41 bits per heavy atom. The molecule has 0 bridgehead atoms. The molecule has 1 aliphatic carbocycles. The van der Waals surface area contributed by atoms with Crippen LogP contribution in [0.15, 0.2) is 0 Å². The van der Waals surface area contributed by atoms with E-state index in [0.717, 1.165) is 25.7 Å². The quantitative estimate of drug-likeness (QED) is 0.737. The summed E-state index contributed by atoms with van der Waals surface area (Å²) in [5, 5.41) is 9.09. The number of aliphatic hydroxyl groups excluding tert-OH is 1. The summed E-state index contributed by atoms with van der Waals surface area (Å²) in [4.78, 5) is 14.0. The van der Waals surface area contributed by atoms with Gasteiger partial charge < -0.3 is 15.7 Å². The molecular formula is C13H26N2O2. The van der Waals surface area contributed by atoms with Gasteiger partial charge in [-0.1, -0.05) is 32.6 Å². The van der Waals surface area contributed by atoms with Crippen molar-refractivity contribution in [3.63, 3.8) is 0 Å². The molecule has 0 aromatic heterocycles. The van der Waals surface area contributed by atoms with Gasteiger partial charge in [0.2, 0.25) is 5.91 Å². The predicted molar refractivity (Wildman–Crippen MR) is 68.6 cm³/mol. The van der Waals surface area contributed by atoms with Crippen molar-refractivity contribution in [1.29, 1.82) is 0 Å². The number of amides is 1. The molecule has 0 aromatic rings. The number of aliphatic hydroxyl groups is 1. The van der Waals surface area contributed by atoms with Crippen LogP contribution < -0.4 is 5.73 Å². The lowest BCUT2D eigenvalue weighted by Crippen LogP contribution is -2.50. The Balaban J connectivity index is 2.59. The molecule has 100 valence electrons. The highest BCUT2D eigenvalue weighted by atomic mass is 16.3. The first-order valence-corrected chi connectivity index (χ1v) is 6.87. The summed E-state index contributed by atoms with van der Waals surface area (Å²) in [6.07, 6.45) is 7.40. The molecule has 1 amide bonds. The van der Waals surface area contributed by atoms with Gasteiger partial charge in [0.15, 0.2) is 0 Å². The molecule has 0 aliphatic heterocycles. The maximum Gasteiger partial charge on any atom is 0.239 e. The third-order valence-corrected chi connectivity index (χ3v) is 3.56. The highest BCUT2D eigenvalue weighted by molar-refractivity contribution is 5.81. The minimum Gasteiger partial charge on any atom is -0.395 e. The lowest BCUT2D eigenvalue weighted by Gasteiger charge is -2.35. The molecule has 1 saturated carbocycles. The van der Waals surface area contributed by atoms with Crippen LogP contribution in [0.4, 0.5) is 0 Å². The van der Waals surface area contributed by atoms with Crippen LogP contribution in [0.25, 0.3) is 0 Å². The number of nitrogens with zero attached hydrogens (tertiary/aromatic N) is 1. The van der Waals surface area contributed by atoms with Crippen LogP contribution in [0.1, 0.15) is 51.9 Å². The second-order valence-corrected chi connectivity index (χ2v) is 4.94. The average Bonchev–Trinajstić information content (AvgIpc) is 2.36. The summed E-state index contributed by atoms with van der Waals surface area (Å²) in [6, 6.07) is -0.0974. The van der Waals surface area contributed by atoms with Gasteiger partial charge >= 0.3 is 0 Å². The molecule has 0 saturated heterocycles. The number of rotatable bonds is 6. The van der Waals surface area contributed by atoms with Crippen molar-refractivity contribution in [3.05, 3.63) is 0 Å². The number of nitrogens with two attached hydrogens (primary N) is 1. The molecule has 1 atom stereocenters. The Labute approximate surface area is 104 Å². The first kappa shape index (κ1) is 14.5. The number of carbonyl (C=O) groups excluding carboxylic acids is 1. The van der Waals surface area contributed by atoms with Crippen LogP contribution in [-0.2, 0) is 4.79 Å². The highest BCUT2D eigenvalue weighted by Crippen LogP contribution is 2.23. The summed E-state index contributed by atoms with van der Waals surface area (Å²) in [5.74, 6) is 0.0211. The molecular weight excluding hydrogens is 216 g/mol. The highest BCUT2D eigenvalue weighted by Gasteiger charge is 2.27. The predicted octanol–water partition coefficient (Wildman–Crippen LogP) is 1.27. The van der Waals surface area contributed by atoms with Gasteiger partial charge in [-0.2, -0.15) is 0 Å². The molecule has 0 unspecified atom stereocenters. The van der Waals surface area contributed by atoms with Crippen LogP contribution in [0.2, 0.25) is 0 Å². The zero-order valence-electron chi connectivity index (χ0n) is 10.9. The van der Waals surface area contributed by atoms with Crippen LogP contribution in [0.3, 0.4) is 0 Å². The zero-order chi connectivity index (χ0) is 12.7. The van der Waals surface area contributed by atoms with E-state index in [0.29, 0.717) is 12.6 Å². The minimum atomic E-state index is -0.395. The van der Waals surface area contributed by atoms with Crippen LogP contribution in [0.5, 0.6) is 0 Å². The smallest absolute Gasteiger partial charge is 0.239 e. The lowest BCUT2D eigenvalue weighted by atomic mass is 9.93. The van der Waals surface area contributed by atoms with Crippen molar-refractivity contribution in [2.75, 3.05) is 13.2 Å². The van der Waals surface area contributed by atoms with Gasteiger partial charge in [0.05, 0.1) is 12.6 Å². The van der Waals surface area contributed by atoms with E-state index in [1.54, 1.807) is 0 Å². The second kappa shape index (κ2) is 7.67. The van der Waals surface area contributed by atoms with Crippen molar-refractivity contribution in [2.24, 2.45) is 5.73 Å². The van der Waals surface area contributed by atoms with Crippen LogP contribution >= 0.6 is 0 Å². The first-order chi connectivity index (χ1) is 8.20. The van der Waals surface area contributed by atoms with Crippen molar-refractivity contribution >= 4 is 5.91 Å². The SMILES string of the molecule is CCC[C@H](N)C(=O)N(CCO)C1CCCCC1. The van der Waals surface area contributed by atoms with Crippen molar-refractivity contribution < 1.29 is 9.90 Å². The molecule has 0 radical (unpaired) electrons. The second-order valence-electron chi connectivity index (χ2n) is 4.94. The lowest BCUT2D eigenvalue weighted by molar-refractivity contribution is -0.136. The zero-order valence-corrected chi connectivity index (χ0v) is 10.9. The van der Waals surface area contributed by atoms with Gasteiger partial charge in [0.25, 0.3) is 0 Å². The number of carbonyl (C=O) groups is 1. The fourth-order valence-corrected chi connectivity index (χ4v) is 2.62. The maximum atomic E-state index is 12.2. The largest absolute Gasteiger partial charge is 0.395 e. The molecule has 1 fully saturated rings. The van der Waals surface area contributed by atoms with Crippen LogP contribution in [-0.4, -0.2) is 41.1 Å². The normalized spacial score (nSPS) is 19.0. The van der Waals surface area contributed by atoms with E-state index < -0.39 is 6.04 Å². The van der Waals surface area contributed by atoms with E-state index in [2.05, 4.69) is 0 Å². The van der Waals surface area contributed by atoms with Crippen molar-refractivity contribution in [2.45, 2.75) is 64.0 Å². The average molecular weight is 242 g/mol. The fourth-order valence-electron chi connectivity index (χ4n) is 2.62. The third-order valence-electron chi connectivity index (χ3n) is 3.56. The van der Waals surface area contributed by atoms with E-state index in [1.165, 1.54) is 19.3 Å². The fraction of sp³-hybridized carbons (Fsp3) is 0.923. The topological polar surface area (TPSA) is 66.6 Å². The Bertz CT molecular complexity index is 227. The molecule has 0 spiro atoms. The molecule has 1 aliphatic rings. The Morgan fingerprint density at radius 3 is 2.59 bits per heavy atom. The molecule has 0 heterocycles. The van der Waals surface area contributed by atoms with Crippen molar-refractivity contribution in [3.8, 4) is 0 Å². The molecule has 0 aromatic carbocycles. The van der Waals surface area contributed by atoms with Gasteiger partial charge in [-0.25, -0.2) is 0 Å². The summed E-state index contributed by atoms with van der Waals surface area (Å²) < 4.78 is 0. The molecule has 1 rings (SSSR count). The van der Waals surface area contributed by atoms with E-state index >= 15 is 0 Å². The first-order valence-electron chi connectivity index (χ1n) is 6.87. The van der Waals surface area contributed by atoms with Gasteiger partial charge in [-0.05, 0) is 19.3 Å². The van der Waals surface area contributed by atoms with Crippen LogP contribution in [0, 0.1) is 0 Å². The Hall–Kier alpha value is -0.610. The maximum absolute atomic E-state index is 12.2. The molecule has 4 nitrogen and oxygen atoms in total. The summed E-state index contributed by atoms with van der Waals surface area (Å²) in [6.45, 7) is 2.49. The van der Waals surface area contributed by atoms with E-state index in [4.69, 9.17) is 10.8 Å². The molecule has 17 heavy (non-hydrogen) atoms. The third kappa shape index (κ3) is 4.28. The molecule has 3 N–H and O–H groups in total.